The molecular weight excluding hydrogens is 239 g/mol. The molecule has 1 atom stereocenters. The fraction of sp³-hybridized carbons (Fsp3) is 0.700. The second-order valence-electron chi connectivity index (χ2n) is 3.36. The normalized spacial score (nSPS) is 24.2. The van der Waals surface area contributed by atoms with Crippen LogP contribution in [0, 0.1) is 12.3 Å². The molecule has 0 aromatic rings. The van der Waals surface area contributed by atoms with Crippen LogP contribution in [0.1, 0.15) is 13.3 Å². The number of rotatable bonds is 1. The van der Waals surface area contributed by atoms with E-state index < -0.39 is 12.1 Å². The Morgan fingerprint density at radius 2 is 2.18 bits per heavy atom. The van der Waals surface area contributed by atoms with Gasteiger partial charge in [0, 0.05) is 6.54 Å². The quantitative estimate of drug-likeness (QED) is 0.685. The molecule has 0 bridgehead atoms. The molecule has 98 valence electrons. The van der Waals surface area contributed by atoms with Crippen molar-refractivity contribution in [2.24, 2.45) is 0 Å². The highest BCUT2D eigenvalue weighted by atomic mass is 19.4. The summed E-state index contributed by atoms with van der Waals surface area (Å²) in [5.41, 5.74) is -0.182. The third-order valence-electron chi connectivity index (χ3n) is 2.18. The van der Waals surface area contributed by atoms with Crippen molar-refractivity contribution < 1.29 is 27.8 Å². The number of terminal acetylenes is 1. The fourth-order valence-electron chi connectivity index (χ4n) is 1.08. The van der Waals surface area contributed by atoms with E-state index in [1.54, 1.807) is 0 Å². The molecule has 1 fully saturated rings. The Labute approximate surface area is 97.1 Å². The molecule has 1 aliphatic heterocycles. The van der Waals surface area contributed by atoms with Crippen LogP contribution in [0.25, 0.3) is 0 Å². The molecule has 1 unspecified atom stereocenters. The lowest BCUT2D eigenvalue weighted by Crippen LogP contribution is -2.52. The average molecular weight is 253 g/mol. The maximum absolute atomic E-state index is 10.6. The van der Waals surface area contributed by atoms with E-state index in [2.05, 4.69) is 18.2 Å². The minimum atomic E-state index is -5.08. The molecule has 17 heavy (non-hydrogen) atoms. The van der Waals surface area contributed by atoms with Crippen LogP contribution < -0.4 is 5.32 Å². The van der Waals surface area contributed by atoms with Gasteiger partial charge in [-0.2, -0.15) is 13.2 Å². The van der Waals surface area contributed by atoms with Gasteiger partial charge in [-0.1, -0.05) is 12.8 Å². The first kappa shape index (κ1) is 15.7. The highest BCUT2D eigenvalue weighted by molar-refractivity contribution is 5.73. The number of morpholine rings is 1. The van der Waals surface area contributed by atoms with Crippen LogP contribution in [0.5, 0.6) is 0 Å². The second kappa shape index (κ2) is 6.47. The van der Waals surface area contributed by atoms with E-state index in [9.17, 15) is 13.2 Å². The number of carboxylic acid groups (broad SMARTS) is 1. The zero-order valence-electron chi connectivity index (χ0n) is 9.30. The molecule has 0 spiro atoms. The van der Waals surface area contributed by atoms with Gasteiger partial charge in [0.2, 0.25) is 0 Å². The van der Waals surface area contributed by atoms with E-state index in [-0.39, 0.29) is 5.54 Å². The van der Waals surface area contributed by atoms with Crippen molar-refractivity contribution in [3.8, 4) is 12.3 Å². The van der Waals surface area contributed by atoms with Crippen LogP contribution in [0.3, 0.4) is 0 Å². The summed E-state index contributed by atoms with van der Waals surface area (Å²) >= 11 is 0. The van der Waals surface area contributed by atoms with Gasteiger partial charge in [-0.25, -0.2) is 4.79 Å². The highest BCUT2D eigenvalue weighted by Gasteiger charge is 2.38. The van der Waals surface area contributed by atoms with Gasteiger partial charge in [0.25, 0.3) is 0 Å². The number of nitrogens with one attached hydrogen (secondary N) is 1. The maximum Gasteiger partial charge on any atom is 0.490 e. The molecule has 1 heterocycles. The summed E-state index contributed by atoms with van der Waals surface area (Å²) < 4.78 is 37.0. The first-order valence-electron chi connectivity index (χ1n) is 4.88. The van der Waals surface area contributed by atoms with E-state index in [1.807, 2.05) is 0 Å². The van der Waals surface area contributed by atoms with Crippen molar-refractivity contribution in [3.05, 3.63) is 0 Å². The van der Waals surface area contributed by atoms with Crippen LogP contribution in [0.4, 0.5) is 13.2 Å². The van der Waals surface area contributed by atoms with Crippen LogP contribution in [0.15, 0.2) is 0 Å². The van der Waals surface area contributed by atoms with Crippen molar-refractivity contribution in [1.29, 1.82) is 0 Å². The SMILES string of the molecule is C#CC1(CC)COCCN1.O=C(O)C(F)(F)F. The predicted molar refractivity (Wildman–Crippen MR) is 54.4 cm³/mol. The van der Waals surface area contributed by atoms with Crippen molar-refractivity contribution in [2.75, 3.05) is 19.8 Å². The number of ether oxygens (including phenoxy) is 1. The molecule has 0 radical (unpaired) electrons. The molecule has 0 saturated carbocycles. The van der Waals surface area contributed by atoms with Gasteiger partial charge >= 0.3 is 12.1 Å². The first-order chi connectivity index (χ1) is 7.77. The first-order valence-corrected chi connectivity index (χ1v) is 4.88. The zero-order chi connectivity index (χ0) is 13.5. The number of alkyl halides is 3. The van der Waals surface area contributed by atoms with E-state index >= 15 is 0 Å². The van der Waals surface area contributed by atoms with Crippen molar-refractivity contribution in [2.45, 2.75) is 25.1 Å². The Hall–Kier alpha value is -1.26. The van der Waals surface area contributed by atoms with Crippen molar-refractivity contribution in [3.63, 3.8) is 0 Å². The number of aliphatic carboxylic acids is 1. The minimum Gasteiger partial charge on any atom is -0.475 e. The standard InChI is InChI=1S/C8H13NO.C2HF3O2/c1-3-8(4-2)7-10-6-5-9-8;3-2(4,5)1(6)7/h1,9H,4-7H2,2H3;(H,6,7). The van der Waals surface area contributed by atoms with E-state index in [0.717, 1.165) is 19.6 Å². The number of carboxylic acids is 1. The molecule has 0 aromatic carbocycles. The molecule has 4 nitrogen and oxygen atoms in total. The van der Waals surface area contributed by atoms with Crippen LogP contribution in [-0.2, 0) is 9.53 Å². The largest absolute Gasteiger partial charge is 0.490 e. The van der Waals surface area contributed by atoms with Gasteiger partial charge in [0.05, 0.1) is 13.2 Å². The number of carbonyl (C=O) groups is 1. The minimum absolute atomic E-state index is 0.182. The van der Waals surface area contributed by atoms with Crippen molar-refractivity contribution >= 4 is 5.97 Å². The zero-order valence-corrected chi connectivity index (χ0v) is 9.30. The van der Waals surface area contributed by atoms with E-state index in [0.29, 0.717) is 6.61 Å². The highest BCUT2D eigenvalue weighted by Crippen LogP contribution is 2.13. The topological polar surface area (TPSA) is 58.6 Å². The van der Waals surface area contributed by atoms with Crippen molar-refractivity contribution in [1.82, 2.24) is 5.32 Å². The smallest absolute Gasteiger partial charge is 0.475 e. The van der Waals surface area contributed by atoms with Gasteiger partial charge in [0.1, 0.15) is 5.54 Å². The Morgan fingerprint density at radius 1 is 1.65 bits per heavy atom. The Balaban J connectivity index is 0.000000325. The molecule has 0 amide bonds. The molecule has 1 aliphatic rings. The fourth-order valence-corrected chi connectivity index (χ4v) is 1.08. The average Bonchev–Trinajstić information content (AvgIpc) is 2.29. The molecule has 1 rings (SSSR count). The van der Waals surface area contributed by atoms with Gasteiger partial charge in [-0.3, -0.25) is 5.32 Å². The number of hydrogen-bond donors (Lipinski definition) is 2. The molecule has 0 aromatic heterocycles. The Morgan fingerprint density at radius 3 is 2.35 bits per heavy atom. The molecule has 7 heteroatoms. The number of halogens is 3. The Bertz CT molecular complexity index is 290. The second-order valence-corrected chi connectivity index (χ2v) is 3.36. The Kier molecular flexibility index (Phi) is 5.99. The lowest BCUT2D eigenvalue weighted by molar-refractivity contribution is -0.192. The van der Waals surface area contributed by atoms with Crippen LogP contribution in [-0.4, -0.2) is 42.5 Å². The summed E-state index contributed by atoms with van der Waals surface area (Å²) in [4.78, 5) is 8.90. The predicted octanol–water partition coefficient (Wildman–Crippen LogP) is 1.02. The molecular formula is C10H14F3NO3. The van der Waals surface area contributed by atoms with E-state index in [1.165, 1.54) is 0 Å². The van der Waals surface area contributed by atoms with Gasteiger partial charge in [-0.05, 0) is 6.42 Å². The molecule has 2 N–H and O–H groups in total. The third-order valence-corrected chi connectivity index (χ3v) is 2.18. The summed E-state index contributed by atoms with van der Waals surface area (Å²) in [6.07, 6.45) is 1.21. The van der Waals surface area contributed by atoms with Gasteiger partial charge in [-0.15, -0.1) is 6.42 Å². The van der Waals surface area contributed by atoms with Gasteiger partial charge < -0.3 is 9.84 Å². The monoisotopic (exact) mass is 253 g/mol. The summed E-state index contributed by atoms with van der Waals surface area (Å²) in [5, 5.41) is 10.4. The lowest BCUT2D eigenvalue weighted by atomic mass is 9.98. The molecule has 1 saturated heterocycles. The summed E-state index contributed by atoms with van der Waals surface area (Å²) in [6.45, 7) is 4.38. The van der Waals surface area contributed by atoms with E-state index in [4.69, 9.17) is 21.1 Å². The summed E-state index contributed by atoms with van der Waals surface area (Å²) in [6, 6.07) is 0. The van der Waals surface area contributed by atoms with Gasteiger partial charge in [0.15, 0.2) is 0 Å². The van der Waals surface area contributed by atoms with Crippen LogP contribution >= 0.6 is 0 Å². The lowest BCUT2D eigenvalue weighted by Gasteiger charge is -2.32. The molecule has 0 aliphatic carbocycles. The summed E-state index contributed by atoms with van der Waals surface area (Å²) in [5.74, 6) is -0.0260. The third kappa shape index (κ3) is 5.56. The summed E-state index contributed by atoms with van der Waals surface area (Å²) in [7, 11) is 0. The van der Waals surface area contributed by atoms with Crippen LogP contribution in [0.2, 0.25) is 0 Å². The number of hydrogen-bond acceptors (Lipinski definition) is 3. The maximum atomic E-state index is 10.6.